The molecule has 0 spiro atoms. The van der Waals surface area contributed by atoms with Crippen LogP contribution in [0, 0.1) is 0 Å². The number of nitrogens with zero attached hydrogens (tertiary/aromatic N) is 4. The van der Waals surface area contributed by atoms with Crippen LogP contribution in [0.25, 0.3) is 17.0 Å². The first-order valence-electron chi connectivity index (χ1n) is 9.61. The van der Waals surface area contributed by atoms with E-state index < -0.39 is 17.7 Å². The second kappa shape index (κ2) is 7.96. The fourth-order valence-corrected chi connectivity index (χ4v) is 2.97. The molecule has 9 nitrogen and oxygen atoms in total. The van der Waals surface area contributed by atoms with E-state index in [1.54, 1.807) is 29.0 Å². The predicted octanol–water partition coefficient (Wildman–Crippen LogP) is 1.44. The molecule has 0 aliphatic carbocycles. The number of rotatable bonds is 7. The summed E-state index contributed by atoms with van der Waals surface area (Å²) < 4.78 is 20.9. The third kappa shape index (κ3) is 4.10. The summed E-state index contributed by atoms with van der Waals surface area (Å²) in [5.74, 6) is -0.486. The Morgan fingerprint density at radius 3 is 2.90 bits per heavy atom. The number of aromatic nitrogens is 4. The van der Waals surface area contributed by atoms with Crippen LogP contribution in [0.15, 0.2) is 36.8 Å². The van der Waals surface area contributed by atoms with E-state index in [1.165, 1.54) is 20.0 Å². The predicted molar refractivity (Wildman–Crippen MR) is 108 cm³/mol. The molecule has 1 amide bonds. The number of hydrogen-bond donors (Lipinski definition) is 3. The number of hydrogen-bond acceptors (Lipinski definition) is 7. The van der Waals surface area contributed by atoms with E-state index in [4.69, 9.17) is 4.74 Å². The van der Waals surface area contributed by atoms with E-state index in [1.807, 2.05) is 6.07 Å². The summed E-state index contributed by atoms with van der Waals surface area (Å²) in [6, 6.07) is 5.44. The van der Waals surface area contributed by atoms with Gasteiger partial charge in [0.2, 0.25) is 0 Å². The first kappa shape index (κ1) is 20.2. The van der Waals surface area contributed by atoms with E-state index in [0.717, 1.165) is 0 Å². The van der Waals surface area contributed by atoms with Crippen LogP contribution in [0.5, 0.6) is 0 Å². The zero-order valence-corrected chi connectivity index (χ0v) is 16.7. The highest BCUT2D eigenvalue weighted by Gasteiger charge is 2.28. The number of pyridine rings is 1. The van der Waals surface area contributed by atoms with Crippen molar-refractivity contribution in [3.8, 4) is 11.4 Å². The van der Waals surface area contributed by atoms with Crippen LogP contribution < -0.4 is 10.6 Å². The van der Waals surface area contributed by atoms with Gasteiger partial charge in [0.1, 0.15) is 11.9 Å². The lowest BCUT2D eigenvalue weighted by atomic mass is 10.0. The number of alkyl halides is 1. The van der Waals surface area contributed by atoms with Crippen molar-refractivity contribution >= 4 is 17.2 Å². The van der Waals surface area contributed by atoms with Crippen molar-refractivity contribution < 1.29 is 19.0 Å². The first-order valence-corrected chi connectivity index (χ1v) is 9.61. The lowest BCUT2D eigenvalue weighted by molar-refractivity contribution is -0.00178. The van der Waals surface area contributed by atoms with Gasteiger partial charge in [-0.1, -0.05) is 0 Å². The maximum atomic E-state index is 14.0. The van der Waals surface area contributed by atoms with Crippen LogP contribution >= 0.6 is 0 Å². The summed E-state index contributed by atoms with van der Waals surface area (Å²) in [4.78, 5) is 21.4. The van der Waals surface area contributed by atoms with Gasteiger partial charge < -0.3 is 20.5 Å². The molecule has 1 aliphatic rings. The molecule has 0 radical (unpaired) electrons. The van der Waals surface area contributed by atoms with E-state index in [-0.39, 0.29) is 18.2 Å². The molecule has 0 bridgehead atoms. The minimum atomic E-state index is -1.60. The molecular weight excluding hydrogens is 391 g/mol. The van der Waals surface area contributed by atoms with Crippen molar-refractivity contribution in [2.45, 2.75) is 31.7 Å². The topological polar surface area (TPSA) is 114 Å². The third-order valence-corrected chi connectivity index (χ3v) is 4.89. The number of halogens is 1. The molecule has 3 aromatic heterocycles. The lowest BCUT2D eigenvalue weighted by Gasteiger charge is -2.29. The number of carbonyl (C=O) groups is 1. The smallest absolute Gasteiger partial charge is 0.255 e. The highest BCUT2D eigenvalue weighted by atomic mass is 19.1. The average Bonchev–Trinajstić information content (AvgIpc) is 3.12. The molecule has 3 N–H and O–H groups in total. The molecule has 1 aliphatic heterocycles. The number of fused-ring (bicyclic) bond motifs is 1. The largest absolute Gasteiger partial charge is 0.387 e. The number of imidazole rings is 1. The fraction of sp³-hybridized carbons (Fsp3) is 0.400. The molecule has 158 valence electrons. The van der Waals surface area contributed by atoms with E-state index in [0.29, 0.717) is 35.9 Å². The van der Waals surface area contributed by atoms with Gasteiger partial charge >= 0.3 is 0 Å². The van der Waals surface area contributed by atoms with Crippen LogP contribution in [0.4, 0.5) is 10.1 Å². The number of aliphatic hydroxyl groups is 1. The van der Waals surface area contributed by atoms with Gasteiger partial charge in [-0.3, -0.25) is 9.78 Å². The molecule has 10 heteroatoms. The maximum Gasteiger partial charge on any atom is 0.255 e. The molecular formula is C20H23FN6O3. The molecule has 0 aromatic carbocycles. The van der Waals surface area contributed by atoms with Crippen LogP contribution in [-0.4, -0.2) is 68.2 Å². The Morgan fingerprint density at radius 2 is 2.20 bits per heavy atom. The first-order chi connectivity index (χ1) is 14.3. The number of anilines is 1. The molecule has 4 heterocycles. The standard InChI is InChI=1S/C20H23FN6O3/c1-20(2,29)17(21)9-24-19(28)13-7-22-15(6-14(13)26-12-10-30-11-12)16-8-23-18-4-3-5-25-27(16)18/h3-8,12,17,29H,9-11H2,1-2H3,(H,22,26)(H,24,28). The second-order valence-electron chi connectivity index (χ2n) is 7.76. The summed E-state index contributed by atoms with van der Waals surface area (Å²) in [7, 11) is 0. The minimum Gasteiger partial charge on any atom is -0.387 e. The second-order valence-corrected chi connectivity index (χ2v) is 7.76. The Bertz CT molecular complexity index is 1060. The van der Waals surface area contributed by atoms with Gasteiger partial charge in [-0.25, -0.2) is 13.9 Å². The quantitative estimate of drug-likeness (QED) is 0.536. The highest BCUT2D eigenvalue weighted by molar-refractivity contribution is 6.00. The van der Waals surface area contributed by atoms with Crippen LogP contribution in [0.3, 0.4) is 0 Å². The Kier molecular flexibility index (Phi) is 5.35. The van der Waals surface area contributed by atoms with Crippen molar-refractivity contribution in [2.75, 3.05) is 25.1 Å². The minimum absolute atomic E-state index is 0.0670. The average molecular weight is 414 g/mol. The van der Waals surface area contributed by atoms with Gasteiger partial charge in [-0.2, -0.15) is 5.10 Å². The molecule has 3 aromatic rings. The molecule has 4 rings (SSSR count). The number of nitrogens with one attached hydrogen (secondary N) is 2. The van der Waals surface area contributed by atoms with Crippen LogP contribution in [0.1, 0.15) is 24.2 Å². The van der Waals surface area contributed by atoms with Gasteiger partial charge in [0, 0.05) is 12.4 Å². The van der Waals surface area contributed by atoms with Crippen molar-refractivity contribution in [3.63, 3.8) is 0 Å². The van der Waals surface area contributed by atoms with Crippen molar-refractivity contribution in [1.82, 2.24) is 24.9 Å². The van der Waals surface area contributed by atoms with E-state index in [2.05, 4.69) is 25.7 Å². The normalized spacial score (nSPS) is 15.6. The summed E-state index contributed by atoms with van der Waals surface area (Å²) in [5, 5.41) is 19.8. The third-order valence-electron chi connectivity index (χ3n) is 4.89. The monoisotopic (exact) mass is 414 g/mol. The highest BCUT2D eigenvalue weighted by Crippen LogP contribution is 2.25. The Labute approximate surface area is 172 Å². The maximum absolute atomic E-state index is 14.0. The zero-order valence-electron chi connectivity index (χ0n) is 16.7. The Morgan fingerprint density at radius 1 is 1.40 bits per heavy atom. The Balaban J connectivity index is 1.62. The van der Waals surface area contributed by atoms with Crippen LogP contribution in [-0.2, 0) is 4.74 Å². The van der Waals surface area contributed by atoms with Crippen molar-refractivity contribution in [3.05, 3.63) is 42.4 Å². The summed E-state index contributed by atoms with van der Waals surface area (Å²) in [5.41, 5.74) is 1.22. The van der Waals surface area contributed by atoms with Gasteiger partial charge in [0.05, 0.1) is 54.5 Å². The number of ether oxygens (including phenoxy) is 1. The van der Waals surface area contributed by atoms with Gasteiger partial charge in [0.25, 0.3) is 5.91 Å². The van der Waals surface area contributed by atoms with E-state index in [9.17, 15) is 14.3 Å². The molecule has 30 heavy (non-hydrogen) atoms. The van der Waals surface area contributed by atoms with Crippen LogP contribution in [0.2, 0.25) is 0 Å². The molecule has 0 saturated carbocycles. The van der Waals surface area contributed by atoms with Crippen molar-refractivity contribution in [1.29, 1.82) is 0 Å². The van der Waals surface area contributed by atoms with Gasteiger partial charge in [0.15, 0.2) is 5.65 Å². The van der Waals surface area contributed by atoms with Gasteiger partial charge in [-0.15, -0.1) is 0 Å². The molecule has 1 unspecified atom stereocenters. The molecule has 1 atom stereocenters. The number of amides is 1. The van der Waals surface area contributed by atoms with Crippen molar-refractivity contribution in [2.24, 2.45) is 0 Å². The lowest BCUT2D eigenvalue weighted by Crippen LogP contribution is -2.43. The number of carbonyl (C=O) groups excluding carboxylic acids is 1. The summed E-state index contributed by atoms with van der Waals surface area (Å²) >= 11 is 0. The summed E-state index contributed by atoms with van der Waals surface area (Å²) in [6.07, 6.45) is 3.15. The fourth-order valence-electron chi connectivity index (χ4n) is 2.97. The molecule has 1 saturated heterocycles. The molecule has 1 fully saturated rings. The van der Waals surface area contributed by atoms with Gasteiger partial charge in [-0.05, 0) is 32.0 Å². The Hall–Kier alpha value is -3.11. The summed E-state index contributed by atoms with van der Waals surface area (Å²) in [6.45, 7) is 3.46. The zero-order chi connectivity index (χ0) is 21.3. The SMILES string of the molecule is CC(C)(O)C(F)CNC(=O)c1cnc(-c2cnc3cccnn23)cc1NC1COC1. The van der Waals surface area contributed by atoms with E-state index >= 15 is 0 Å².